The summed E-state index contributed by atoms with van der Waals surface area (Å²) in [6.07, 6.45) is 3.62. The molecule has 6 nitrogen and oxygen atoms in total. The van der Waals surface area contributed by atoms with Gasteiger partial charge in [-0.15, -0.1) is 11.3 Å². The Hall–Kier alpha value is -2.51. The molecule has 122 valence electrons. The van der Waals surface area contributed by atoms with Crippen LogP contribution in [0.5, 0.6) is 0 Å². The van der Waals surface area contributed by atoms with E-state index < -0.39 is 0 Å². The lowest BCUT2D eigenvalue weighted by molar-refractivity contribution is 0.0946. The van der Waals surface area contributed by atoms with Gasteiger partial charge in [0.2, 0.25) is 0 Å². The molecule has 4 heterocycles. The lowest BCUT2D eigenvalue weighted by Gasteiger charge is -2.13. The van der Waals surface area contributed by atoms with Gasteiger partial charge in [-0.3, -0.25) is 9.78 Å². The first kappa shape index (κ1) is 15.0. The summed E-state index contributed by atoms with van der Waals surface area (Å²) in [5.74, 6) is 0.782. The number of rotatable bonds is 4. The van der Waals surface area contributed by atoms with Crippen LogP contribution < -0.4 is 10.6 Å². The van der Waals surface area contributed by atoms with Gasteiger partial charge in [-0.1, -0.05) is 6.07 Å². The van der Waals surface area contributed by atoms with Gasteiger partial charge in [0, 0.05) is 30.4 Å². The van der Waals surface area contributed by atoms with E-state index in [1.807, 2.05) is 41.1 Å². The number of fused-ring (bicyclic) bond motifs is 1. The molecule has 0 saturated heterocycles. The van der Waals surface area contributed by atoms with Crippen molar-refractivity contribution in [1.82, 2.24) is 25.2 Å². The molecule has 0 fully saturated rings. The smallest absolute Gasteiger partial charge is 0.271 e. The molecular formula is C17H17N5OS. The Kier molecular flexibility index (Phi) is 4.10. The summed E-state index contributed by atoms with van der Waals surface area (Å²) in [6, 6.07) is 9.92. The van der Waals surface area contributed by atoms with Gasteiger partial charge in [0.15, 0.2) is 0 Å². The molecule has 7 heteroatoms. The van der Waals surface area contributed by atoms with Crippen molar-refractivity contribution in [2.24, 2.45) is 0 Å². The molecule has 0 spiro atoms. The molecule has 0 radical (unpaired) electrons. The third kappa shape index (κ3) is 3.08. The minimum atomic E-state index is -0.135. The van der Waals surface area contributed by atoms with Crippen LogP contribution >= 0.6 is 11.3 Å². The van der Waals surface area contributed by atoms with E-state index in [1.165, 1.54) is 0 Å². The topological polar surface area (TPSA) is 71.8 Å². The minimum Gasteiger partial charge on any atom is -0.346 e. The first-order valence-electron chi connectivity index (χ1n) is 7.85. The molecular weight excluding hydrogens is 322 g/mol. The maximum absolute atomic E-state index is 12.3. The van der Waals surface area contributed by atoms with Gasteiger partial charge in [-0.25, -0.2) is 4.98 Å². The molecule has 1 amide bonds. The van der Waals surface area contributed by atoms with Crippen LogP contribution in [0.1, 0.15) is 21.2 Å². The van der Waals surface area contributed by atoms with Crippen LogP contribution in [0.25, 0.3) is 10.6 Å². The number of pyridine rings is 1. The largest absolute Gasteiger partial charge is 0.346 e. The van der Waals surface area contributed by atoms with Crippen LogP contribution in [0.4, 0.5) is 0 Å². The van der Waals surface area contributed by atoms with Crippen LogP contribution in [0, 0.1) is 0 Å². The Balaban J connectivity index is 1.41. The van der Waals surface area contributed by atoms with Crippen molar-refractivity contribution in [3.8, 4) is 10.6 Å². The van der Waals surface area contributed by atoms with Gasteiger partial charge in [0.05, 0.1) is 23.7 Å². The van der Waals surface area contributed by atoms with Crippen LogP contribution in [0.3, 0.4) is 0 Å². The molecule has 0 aromatic carbocycles. The number of carbonyl (C=O) groups excluding carboxylic acids is 1. The second-order valence-electron chi connectivity index (χ2n) is 5.58. The van der Waals surface area contributed by atoms with Gasteiger partial charge in [-0.2, -0.15) is 0 Å². The average molecular weight is 339 g/mol. The molecule has 0 aliphatic carbocycles. The van der Waals surface area contributed by atoms with Crippen molar-refractivity contribution in [3.63, 3.8) is 0 Å². The maximum Gasteiger partial charge on any atom is 0.271 e. The van der Waals surface area contributed by atoms with Crippen LogP contribution in [0.15, 0.2) is 42.7 Å². The Morgan fingerprint density at radius 1 is 1.33 bits per heavy atom. The summed E-state index contributed by atoms with van der Waals surface area (Å²) in [7, 11) is 0. The van der Waals surface area contributed by atoms with E-state index in [1.54, 1.807) is 17.5 Å². The third-order valence-corrected chi connectivity index (χ3v) is 5.01. The first-order chi connectivity index (χ1) is 11.8. The Morgan fingerprint density at radius 2 is 2.29 bits per heavy atom. The average Bonchev–Trinajstić information content (AvgIpc) is 3.27. The van der Waals surface area contributed by atoms with Crippen molar-refractivity contribution in [2.45, 2.75) is 19.6 Å². The molecule has 0 saturated carbocycles. The highest BCUT2D eigenvalue weighted by Crippen LogP contribution is 2.26. The first-order valence-corrected chi connectivity index (χ1v) is 8.66. The summed E-state index contributed by atoms with van der Waals surface area (Å²) in [5, 5.41) is 6.19. The number of imidazole rings is 1. The quantitative estimate of drug-likeness (QED) is 0.763. The Labute approximate surface area is 143 Å². The lowest BCUT2D eigenvalue weighted by Crippen LogP contribution is -2.27. The predicted molar refractivity (Wildman–Crippen MR) is 92.7 cm³/mol. The van der Waals surface area contributed by atoms with Crippen molar-refractivity contribution in [1.29, 1.82) is 0 Å². The van der Waals surface area contributed by atoms with E-state index >= 15 is 0 Å². The lowest BCUT2D eigenvalue weighted by atomic mass is 10.3. The molecule has 0 atom stereocenters. The van der Waals surface area contributed by atoms with Gasteiger partial charge in [-0.05, 0) is 24.3 Å². The molecule has 24 heavy (non-hydrogen) atoms. The molecule has 1 aliphatic rings. The summed E-state index contributed by atoms with van der Waals surface area (Å²) in [5.41, 5.74) is 1.43. The van der Waals surface area contributed by atoms with E-state index in [0.717, 1.165) is 34.4 Å². The summed E-state index contributed by atoms with van der Waals surface area (Å²) < 4.78 is 2.04. The number of amides is 1. The molecule has 0 bridgehead atoms. The van der Waals surface area contributed by atoms with Crippen LogP contribution in [-0.2, 0) is 19.6 Å². The van der Waals surface area contributed by atoms with Crippen molar-refractivity contribution < 1.29 is 4.79 Å². The van der Waals surface area contributed by atoms with Crippen LogP contribution in [0.2, 0.25) is 0 Å². The van der Waals surface area contributed by atoms with Gasteiger partial charge < -0.3 is 15.2 Å². The highest BCUT2D eigenvalue weighted by molar-refractivity contribution is 7.15. The SMILES string of the molecule is O=C(NCc1ccc(-c2ccccn2)s1)c1cn2c(n1)CNCC2. The monoisotopic (exact) mass is 339 g/mol. The van der Waals surface area contributed by atoms with E-state index in [-0.39, 0.29) is 5.91 Å². The van der Waals surface area contributed by atoms with Crippen LogP contribution in [-0.4, -0.2) is 27.0 Å². The number of thiophene rings is 1. The molecule has 3 aromatic rings. The standard InChI is InChI=1S/C17H17N5OS/c23-17(14-11-22-8-7-18-10-16(22)21-14)20-9-12-4-5-15(24-12)13-3-1-2-6-19-13/h1-6,11,18H,7-10H2,(H,20,23). The number of hydrogen-bond acceptors (Lipinski definition) is 5. The zero-order valence-electron chi connectivity index (χ0n) is 13.0. The second kappa shape index (κ2) is 6.54. The number of hydrogen-bond donors (Lipinski definition) is 2. The molecule has 1 aliphatic heterocycles. The molecule has 3 aromatic heterocycles. The summed E-state index contributed by atoms with van der Waals surface area (Å²) in [4.78, 5) is 23.2. The molecule has 0 unspecified atom stereocenters. The van der Waals surface area contributed by atoms with Crippen molar-refractivity contribution in [2.75, 3.05) is 6.54 Å². The summed E-state index contributed by atoms with van der Waals surface area (Å²) >= 11 is 1.64. The number of carbonyl (C=O) groups is 1. The fourth-order valence-corrected chi connectivity index (χ4v) is 3.60. The predicted octanol–water partition coefficient (Wildman–Crippen LogP) is 2.04. The van der Waals surface area contributed by atoms with E-state index in [4.69, 9.17) is 0 Å². The highest BCUT2D eigenvalue weighted by atomic mass is 32.1. The Bertz CT molecular complexity index is 832. The van der Waals surface area contributed by atoms with Crippen molar-refractivity contribution >= 4 is 17.2 Å². The Morgan fingerprint density at radius 3 is 3.12 bits per heavy atom. The zero-order valence-corrected chi connectivity index (χ0v) is 13.8. The molecule has 2 N–H and O–H groups in total. The third-order valence-electron chi connectivity index (χ3n) is 3.91. The second-order valence-corrected chi connectivity index (χ2v) is 6.74. The number of nitrogens with zero attached hydrogens (tertiary/aromatic N) is 3. The fraction of sp³-hybridized carbons (Fsp3) is 0.235. The number of nitrogens with one attached hydrogen (secondary N) is 2. The van der Waals surface area contributed by atoms with E-state index in [9.17, 15) is 4.79 Å². The van der Waals surface area contributed by atoms with Gasteiger partial charge in [0.1, 0.15) is 11.5 Å². The number of aromatic nitrogens is 3. The van der Waals surface area contributed by atoms with Gasteiger partial charge in [0.25, 0.3) is 5.91 Å². The van der Waals surface area contributed by atoms with Gasteiger partial charge >= 0.3 is 0 Å². The highest BCUT2D eigenvalue weighted by Gasteiger charge is 2.16. The summed E-state index contributed by atoms with van der Waals surface area (Å²) in [6.45, 7) is 2.98. The van der Waals surface area contributed by atoms with Crippen molar-refractivity contribution in [3.05, 3.63) is 59.1 Å². The zero-order chi connectivity index (χ0) is 16.4. The maximum atomic E-state index is 12.3. The fourth-order valence-electron chi connectivity index (χ4n) is 2.68. The molecule has 4 rings (SSSR count). The normalized spacial score (nSPS) is 13.5. The van der Waals surface area contributed by atoms with E-state index in [2.05, 4.69) is 20.6 Å². The van der Waals surface area contributed by atoms with E-state index in [0.29, 0.717) is 18.8 Å². The minimum absolute atomic E-state index is 0.135.